The Hall–Kier alpha value is -1.96. The number of nitrogens with two attached hydrogens (primary N) is 1. The lowest BCUT2D eigenvalue weighted by Crippen LogP contribution is -2.30. The number of nitrogens with zero attached hydrogens (tertiary/aromatic N) is 1. The van der Waals surface area contributed by atoms with Gasteiger partial charge in [-0.3, -0.25) is 14.5 Å². The van der Waals surface area contributed by atoms with Gasteiger partial charge in [0.1, 0.15) is 0 Å². The Morgan fingerprint density at radius 3 is 2.67 bits per heavy atom. The van der Waals surface area contributed by atoms with Crippen LogP contribution in [0.3, 0.4) is 0 Å². The van der Waals surface area contributed by atoms with Crippen LogP contribution in [-0.4, -0.2) is 16.1 Å². The SMILES string of the molecule is NC(=O)c1ccccc1N1C(=O)/C(=C/c2cccc(Br)c2)SC1=S. The minimum atomic E-state index is -0.601. The van der Waals surface area contributed by atoms with E-state index in [-0.39, 0.29) is 11.5 Å². The van der Waals surface area contributed by atoms with Crippen LogP contribution in [0.4, 0.5) is 5.69 Å². The van der Waals surface area contributed by atoms with Gasteiger partial charge < -0.3 is 5.73 Å². The van der Waals surface area contributed by atoms with Crippen molar-refractivity contribution < 1.29 is 9.59 Å². The number of thiocarbonyl (C=S) groups is 1. The first kappa shape index (κ1) is 16.9. The van der Waals surface area contributed by atoms with Crippen LogP contribution in [0, 0.1) is 0 Å². The normalized spacial score (nSPS) is 16.0. The molecule has 1 aliphatic heterocycles. The second kappa shape index (κ2) is 6.88. The third kappa shape index (κ3) is 3.28. The Bertz CT molecular complexity index is 896. The van der Waals surface area contributed by atoms with Crippen LogP contribution in [0.15, 0.2) is 57.9 Å². The number of carbonyl (C=O) groups is 2. The van der Waals surface area contributed by atoms with Crippen LogP contribution in [0.1, 0.15) is 15.9 Å². The second-order valence-electron chi connectivity index (χ2n) is 4.95. The Morgan fingerprint density at radius 1 is 1.21 bits per heavy atom. The summed E-state index contributed by atoms with van der Waals surface area (Å²) in [5.74, 6) is -0.866. The fourth-order valence-corrected chi connectivity index (χ4v) is 4.00. The number of benzene rings is 2. The van der Waals surface area contributed by atoms with Crippen molar-refractivity contribution in [3.63, 3.8) is 0 Å². The molecule has 120 valence electrons. The molecule has 0 aliphatic carbocycles. The first-order valence-corrected chi connectivity index (χ1v) is 8.91. The lowest BCUT2D eigenvalue weighted by atomic mass is 10.1. The largest absolute Gasteiger partial charge is 0.366 e. The summed E-state index contributed by atoms with van der Waals surface area (Å²) < 4.78 is 1.29. The summed E-state index contributed by atoms with van der Waals surface area (Å²) in [5.41, 5.74) is 6.95. The molecule has 7 heteroatoms. The van der Waals surface area contributed by atoms with E-state index in [4.69, 9.17) is 18.0 Å². The average molecular weight is 419 g/mol. The Kier molecular flexibility index (Phi) is 4.84. The molecule has 0 bridgehead atoms. The zero-order chi connectivity index (χ0) is 17.3. The summed E-state index contributed by atoms with van der Waals surface area (Å²) in [5, 5.41) is 0. The molecule has 2 aromatic carbocycles. The fraction of sp³-hybridized carbons (Fsp3) is 0. The fourth-order valence-electron chi connectivity index (χ4n) is 2.30. The van der Waals surface area contributed by atoms with Crippen LogP contribution >= 0.6 is 39.9 Å². The van der Waals surface area contributed by atoms with Crippen LogP contribution in [-0.2, 0) is 4.79 Å². The predicted molar refractivity (Wildman–Crippen MR) is 105 cm³/mol. The standard InChI is InChI=1S/C17H11BrN2O2S2/c18-11-5-3-4-10(8-11)9-14-16(22)20(17(23)24-14)13-7-2-1-6-12(13)15(19)21/h1-9H,(H2,19,21)/b14-9-. The van der Waals surface area contributed by atoms with Gasteiger partial charge in [0.2, 0.25) is 0 Å². The molecule has 2 amide bonds. The third-order valence-electron chi connectivity index (χ3n) is 3.35. The van der Waals surface area contributed by atoms with Gasteiger partial charge in [0.05, 0.1) is 16.2 Å². The van der Waals surface area contributed by atoms with E-state index in [1.165, 1.54) is 16.7 Å². The van der Waals surface area contributed by atoms with Crippen LogP contribution in [0.2, 0.25) is 0 Å². The number of carbonyl (C=O) groups excluding carboxylic acids is 2. The van der Waals surface area contributed by atoms with Crippen molar-refractivity contribution in [3.05, 3.63) is 69.0 Å². The van der Waals surface area contributed by atoms with Gasteiger partial charge in [-0.05, 0) is 35.9 Å². The Balaban J connectivity index is 2.00. The lowest BCUT2D eigenvalue weighted by Gasteiger charge is -2.17. The molecular formula is C17H11BrN2O2S2. The number of para-hydroxylation sites is 1. The van der Waals surface area contributed by atoms with E-state index in [0.29, 0.717) is 14.9 Å². The zero-order valence-corrected chi connectivity index (χ0v) is 15.5. The summed E-state index contributed by atoms with van der Waals surface area (Å²) in [6.07, 6.45) is 1.77. The maximum absolute atomic E-state index is 12.8. The molecule has 2 N–H and O–H groups in total. The maximum Gasteiger partial charge on any atom is 0.270 e. The highest BCUT2D eigenvalue weighted by atomic mass is 79.9. The average Bonchev–Trinajstić information content (AvgIpc) is 2.81. The molecule has 0 unspecified atom stereocenters. The number of thioether (sulfide) groups is 1. The number of hydrogen-bond donors (Lipinski definition) is 1. The van der Waals surface area contributed by atoms with Crippen LogP contribution in [0.25, 0.3) is 6.08 Å². The molecular weight excluding hydrogens is 408 g/mol. The van der Waals surface area contributed by atoms with Gasteiger partial charge >= 0.3 is 0 Å². The number of hydrogen-bond acceptors (Lipinski definition) is 4. The van der Waals surface area contributed by atoms with E-state index in [1.807, 2.05) is 24.3 Å². The summed E-state index contributed by atoms with van der Waals surface area (Å²) in [6, 6.07) is 14.3. The van der Waals surface area contributed by atoms with E-state index in [1.54, 1.807) is 30.3 Å². The van der Waals surface area contributed by atoms with Crippen molar-refractivity contribution in [1.82, 2.24) is 0 Å². The molecule has 2 aromatic rings. The highest BCUT2D eigenvalue weighted by Gasteiger charge is 2.35. The summed E-state index contributed by atoms with van der Waals surface area (Å²) in [7, 11) is 0. The van der Waals surface area contributed by atoms with Crippen LogP contribution in [0.5, 0.6) is 0 Å². The minimum Gasteiger partial charge on any atom is -0.366 e. The van der Waals surface area contributed by atoms with Gasteiger partial charge in [0.15, 0.2) is 4.32 Å². The molecule has 0 aromatic heterocycles. The van der Waals surface area contributed by atoms with Gasteiger partial charge in [0.25, 0.3) is 11.8 Å². The molecule has 0 radical (unpaired) electrons. The van der Waals surface area contributed by atoms with Gasteiger partial charge in [-0.15, -0.1) is 0 Å². The van der Waals surface area contributed by atoms with Gasteiger partial charge in [0, 0.05) is 4.47 Å². The van der Waals surface area contributed by atoms with Gasteiger partial charge in [-0.25, -0.2) is 0 Å². The molecule has 0 saturated carbocycles. The smallest absolute Gasteiger partial charge is 0.270 e. The van der Waals surface area contributed by atoms with Crippen molar-refractivity contribution >= 4 is 67.8 Å². The molecule has 0 spiro atoms. The first-order chi connectivity index (χ1) is 11.5. The molecule has 1 saturated heterocycles. The molecule has 1 aliphatic rings. The molecule has 24 heavy (non-hydrogen) atoms. The van der Waals surface area contributed by atoms with Crippen molar-refractivity contribution in [1.29, 1.82) is 0 Å². The van der Waals surface area contributed by atoms with Crippen LogP contribution < -0.4 is 10.6 Å². The maximum atomic E-state index is 12.8. The van der Waals surface area contributed by atoms with Crippen molar-refractivity contribution in [3.8, 4) is 0 Å². The van der Waals surface area contributed by atoms with Crippen molar-refractivity contribution in [2.45, 2.75) is 0 Å². The molecule has 4 nitrogen and oxygen atoms in total. The van der Waals surface area contributed by atoms with Gasteiger partial charge in [-0.1, -0.05) is 64.2 Å². The van der Waals surface area contributed by atoms with Crippen molar-refractivity contribution in [2.24, 2.45) is 5.73 Å². The predicted octanol–water partition coefficient (Wildman–Crippen LogP) is 3.95. The number of primary amides is 1. The molecule has 3 rings (SSSR count). The second-order valence-corrected chi connectivity index (χ2v) is 7.54. The topological polar surface area (TPSA) is 63.4 Å². The van der Waals surface area contributed by atoms with Crippen molar-refractivity contribution in [2.75, 3.05) is 4.90 Å². The summed E-state index contributed by atoms with van der Waals surface area (Å²) >= 11 is 9.93. The number of rotatable bonds is 3. The third-order valence-corrected chi connectivity index (χ3v) is 5.15. The Labute approximate surface area is 156 Å². The van der Waals surface area contributed by atoms with E-state index in [0.717, 1.165) is 10.0 Å². The molecule has 1 fully saturated rings. The number of halogens is 1. The lowest BCUT2D eigenvalue weighted by molar-refractivity contribution is -0.113. The highest BCUT2D eigenvalue weighted by molar-refractivity contribution is 9.10. The molecule has 1 heterocycles. The Morgan fingerprint density at radius 2 is 1.96 bits per heavy atom. The quantitative estimate of drug-likeness (QED) is 0.605. The summed E-state index contributed by atoms with van der Waals surface area (Å²) in [6.45, 7) is 0. The molecule has 0 atom stereocenters. The summed E-state index contributed by atoms with van der Waals surface area (Å²) in [4.78, 5) is 26.2. The monoisotopic (exact) mass is 418 g/mol. The van der Waals surface area contributed by atoms with E-state index < -0.39 is 5.91 Å². The van der Waals surface area contributed by atoms with E-state index in [9.17, 15) is 9.59 Å². The number of anilines is 1. The zero-order valence-electron chi connectivity index (χ0n) is 12.2. The van der Waals surface area contributed by atoms with Gasteiger partial charge in [-0.2, -0.15) is 0 Å². The number of amides is 2. The highest BCUT2D eigenvalue weighted by Crippen LogP contribution is 2.37. The first-order valence-electron chi connectivity index (χ1n) is 6.90. The van der Waals surface area contributed by atoms with E-state index in [2.05, 4.69) is 15.9 Å². The minimum absolute atomic E-state index is 0.262. The van der Waals surface area contributed by atoms with E-state index >= 15 is 0 Å².